The maximum absolute atomic E-state index is 12.1. The maximum Gasteiger partial charge on any atom is 0.358 e. The van der Waals surface area contributed by atoms with E-state index in [9.17, 15) is 9.59 Å². The lowest BCUT2D eigenvalue weighted by Crippen LogP contribution is -2.23. The van der Waals surface area contributed by atoms with Gasteiger partial charge in [-0.3, -0.25) is 9.78 Å². The Morgan fingerprint density at radius 2 is 2.17 bits per heavy atom. The van der Waals surface area contributed by atoms with E-state index in [4.69, 9.17) is 4.11 Å². The van der Waals surface area contributed by atoms with E-state index in [-0.39, 0.29) is 17.1 Å². The third-order valence-corrected chi connectivity index (χ3v) is 3.01. The van der Waals surface area contributed by atoms with Gasteiger partial charge < -0.3 is 4.74 Å². The van der Waals surface area contributed by atoms with Crippen LogP contribution in [0, 0.1) is 0 Å². The Labute approximate surface area is 134 Å². The molecule has 0 saturated carbocycles. The molecule has 9 heteroatoms. The number of rotatable bonds is 3. The SMILES string of the molecule is [2H]C([2H])([2H])n1nncc1-c1cncc(-n2nc(C(=O)OC)ccc2=O)c1. The second kappa shape index (κ2) is 5.79. The maximum atomic E-state index is 12.1. The molecule has 0 radical (unpaired) electrons. The average molecular weight is 315 g/mol. The lowest BCUT2D eigenvalue weighted by molar-refractivity contribution is 0.0591. The van der Waals surface area contributed by atoms with Crippen LogP contribution in [0.25, 0.3) is 16.9 Å². The number of hydrogen-bond donors (Lipinski definition) is 0. The molecule has 0 saturated heterocycles. The number of hydrogen-bond acceptors (Lipinski definition) is 7. The summed E-state index contributed by atoms with van der Waals surface area (Å²) >= 11 is 0. The molecule has 0 spiro atoms. The topological polar surface area (TPSA) is 105 Å². The molecule has 3 rings (SSSR count). The zero-order valence-electron chi connectivity index (χ0n) is 14.9. The van der Waals surface area contributed by atoms with Crippen LogP contribution >= 0.6 is 0 Å². The molecule has 116 valence electrons. The summed E-state index contributed by atoms with van der Waals surface area (Å²) in [5.74, 6) is -0.701. The summed E-state index contributed by atoms with van der Waals surface area (Å²) in [5, 5.41) is 11.1. The van der Waals surface area contributed by atoms with Gasteiger partial charge in [0.2, 0.25) is 0 Å². The van der Waals surface area contributed by atoms with Crippen LogP contribution in [-0.2, 0) is 11.7 Å². The van der Waals surface area contributed by atoms with Crippen LogP contribution in [0.2, 0.25) is 0 Å². The number of ether oxygens (including phenoxy) is 1. The lowest BCUT2D eigenvalue weighted by Gasteiger charge is -2.07. The number of aromatic nitrogens is 6. The summed E-state index contributed by atoms with van der Waals surface area (Å²) in [6.45, 7) is -2.53. The van der Waals surface area contributed by atoms with Gasteiger partial charge in [0.1, 0.15) is 0 Å². The first-order valence-corrected chi connectivity index (χ1v) is 6.37. The van der Waals surface area contributed by atoms with E-state index in [1.54, 1.807) is 0 Å². The van der Waals surface area contributed by atoms with Crippen molar-refractivity contribution >= 4 is 5.97 Å². The van der Waals surface area contributed by atoms with Crippen LogP contribution in [0.3, 0.4) is 0 Å². The zero-order chi connectivity index (χ0) is 18.9. The van der Waals surface area contributed by atoms with Crippen molar-refractivity contribution in [1.82, 2.24) is 29.8 Å². The van der Waals surface area contributed by atoms with E-state index >= 15 is 0 Å². The molecule has 0 aliphatic carbocycles. The van der Waals surface area contributed by atoms with Gasteiger partial charge in [-0.05, 0) is 12.1 Å². The molecule has 0 aliphatic rings. The fourth-order valence-electron chi connectivity index (χ4n) is 1.93. The molecule has 0 aliphatic heterocycles. The van der Waals surface area contributed by atoms with Gasteiger partial charge in [0, 0.05) is 28.9 Å². The molecule has 3 aromatic rings. The highest BCUT2D eigenvalue weighted by Crippen LogP contribution is 2.18. The Kier molecular flexibility index (Phi) is 2.83. The Hall–Kier alpha value is -3.36. The Morgan fingerprint density at radius 3 is 2.96 bits per heavy atom. The second-order valence-corrected chi connectivity index (χ2v) is 4.42. The number of aryl methyl sites for hydroxylation is 1. The van der Waals surface area contributed by atoms with Crippen LogP contribution < -0.4 is 5.56 Å². The second-order valence-electron chi connectivity index (χ2n) is 4.42. The van der Waals surface area contributed by atoms with Crippen molar-refractivity contribution < 1.29 is 13.6 Å². The van der Waals surface area contributed by atoms with Gasteiger partial charge >= 0.3 is 5.97 Å². The molecule has 0 N–H and O–H groups in total. The highest BCUT2D eigenvalue weighted by Gasteiger charge is 2.12. The van der Waals surface area contributed by atoms with Gasteiger partial charge in [-0.2, -0.15) is 9.78 Å². The van der Waals surface area contributed by atoms with Gasteiger partial charge in [-0.25, -0.2) is 9.48 Å². The van der Waals surface area contributed by atoms with Crippen LogP contribution in [0.5, 0.6) is 0 Å². The minimum atomic E-state index is -2.53. The standard InChI is InChI=1S/C14H12N6O3/c1-19-12(8-16-18-19)9-5-10(7-15-6-9)20-13(21)4-3-11(17-20)14(22)23-2/h3-8H,1-2H3/i1D3. The van der Waals surface area contributed by atoms with E-state index in [1.165, 1.54) is 43.9 Å². The van der Waals surface area contributed by atoms with E-state index in [0.717, 1.165) is 9.36 Å². The molecule has 0 unspecified atom stereocenters. The number of esters is 1. The molecule has 23 heavy (non-hydrogen) atoms. The minimum Gasteiger partial charge on any atom is -0.464 e. The number of carbonyl (C=O) groups is 1. The van der Waals surface area contributed by atoms with Gasteiger partial charge in [-0.15, -0.1) is 5.10 Å². The zero-order valence-corrected chi connectivity index (χ0v) is 11.9. The predicted octanol–water partition coefficient (Wildman–Crippen LogP) is 0.210. The monoisotopic (exact) mass is 315 g/mol. The fourth-order valence-corrected chi connectivity index (χ4v) is 1.93. The first-order chi connectivity index (χ1) is 12.3. The molecule has 0 aromatic carbocycles. The molecular weight excluding hydrogens is 300 g/mol. The van der Waals surface area contributed by atoms with E-state index in [1.807, 2.05) is 0 Å². The number of nitrogens with zero attached hydrogens (tertiary/aromatic N) is 6. The van der Waals surface area contributed by atoms with Crippen molar-refractivity contribution in [3.05, 3.63) is 52.8 Å². The molecule has 0 fully saturated rings. The Morgan fingerprint density at radius 1 is 1.30 bits per heavy atom. The van der Waals surface area contributed by atoms with E-state index < -0.39 is 18.5 Å². The van der Waals surface area contributed by atoms with E-state index in [2.05, 4.69) is 25.1 Å². The van der Waals surface area contributed by atoms with Gasteiger partial charge in [-0.1, -0.05) is 5.21 Å². The first-order valence-electron chi connectivity index (χ1n) is 7.87. The number of methoxy groups -OCH3 is 1. The quantitative estimate of drug-likeness (QED) is 0.636. The van der Waals surface area contributed by atoms with Crippen LogP contribution in [0.15, 0.2) is 41.6 Å². The first kappa shape index (κ1) is 11.2. The summed E-state index contributed by atoms with van der Waals surface area (Å²) in [6, 6.07) is 3.90. The van der Waals surface area contributed by atoms with Crippen molar-refractivity contribution in [3.8, 4) is 16.9 Å². The fraction of sp³-hybridized carbons (Fsp3) is 0.143. The summed E-state index contributed by atoms with van der Waals surface area (Å²) in [7, 11) is 1.20. The highest BCUT2D eigenvalue weighted by atomic mass is 16.5. The van der Waals surface area contributed by atoms with Gasteiger partial charge in [0.05, 0.1) is 30.9 Å². The van der Waals surface area contributed by atoms with Gasteiger partial charge in [0.15, 0.2) is 5.69 Å². The normalized spacial score (nSPS) is 13.0. The van der Waals surface area contributed by atoms with Crippen LogP contribution in [0.1, 0.15) is 14.6 Å². The minimum absolute atomic E-state index is 0.0632. The van der Waals surface area contributed by atoms with Crippen molar-refractivity contribution in [3.63, 3.8) is 0 Å². The van der Waals surface area contributed by atoms with Gasteiger partial charge in [0.25, 0.3) is 5.56 Å². The van der Waals surface area contributed by atoms with Crippen molar-refractivity contribution in [2.24, 2.45) is 6.98 Å². The third kappa shape index (κ3) is 2.71. The third-order valence-electron chi connectivity index (χ3n) is 3.01. The molecule has 0 bridgehead atoms. The van der Waals surface area contributed by atoms with Crippen molar-refractivity contribution in [1.29, 1.82) is 0 Å². The molecule has 0 amide bonds. The molecule has 3 heterocycles. The summed E-state index contributed by atoms with van der Waals surface area (Å²) in [6.07, 6.45) is 4.02. The summed E-state index contributed by atoms with van der Waals surface area (Å²) in [5.41, 5.74) is 0.222. The molecular formula is C14H12N6O3. The highest BCUT2D eigenvalue weighted by molar-refractivity contribution is 5.86. The van der Waals surface area contributed by atoms with E-state index in [0.29, 0.717) is 5.56 Å². The van der Waals surface area contributed by atoms with Crippen LogP contribution in [-0.4, -0.2) is 42.8 Å². The predicted molar refractivity (Wildman–Crippen MR) is 79.0 cm³/mol. The molecule has 0 atom stereocenters. The van der Waals surface area contributed by atoms with Crippen LogP contribution in [0.4, 0.5) is 0 Å². The summed E-state index contributed by atoms with van der Waals surface area (Å²) < 4.78 is 28.8. The Balaban J connectivity index is 2.11. The van der Waals surface area contributed by atoms with Crippen molar-refractivity contribution in [2.75, 3.05) is 7.11 Å². The molecule has 9 nitrogen and oxygen atoms in total. The smallest absolute Gasteiger partial charge is 0.358 e. The average Bonchev–Trinajstić information content (AvgIpc) is 3.12. The Bertz CT molecular complexity index is 1030. The summed E-state index contributed by atoms with van der Waals surface area (Å²) in [4.78, 5) is 27.7. The number of carbonyl (C=O) groups excluding carboxylic acids is 1. The number of pyridine rings is 1. The largest absolute Gasteiger partial charge is 0.464 e. The molecule has 3 aromatic heterocycles. The lowest BCUT2D eigenvalue weighted by atomic mass is 10.2. The van der Waals surface area contributed by atoms with Crippen molar-refractivity contribution in [2.45, 2.75) is 0 Å².